The second-order valence-electron chi connectivity index (χ2n) is 6.83. The molecule has 0 aromatic carbocycles. The fourth-order valence-electron chi connectivity index (χ4n) is 3.47. The molecule has 1 unspecified atom stereocenters. The van der Waals surface area contributed by atoms with Crippen LogP contribution in [-0.2, 0) is 4.79 Å². The van der Waals surface area contributed by atoms with Crippen LogP contribution >= 0.6 is 0 Å². The van der Waals surface area contributed by atoms with Gasteiger partial charge in [-0.2, -0.15) is 0 Å². The van der Waals surface area contributed by atoms with Gasteiger partial charge < -0.3 is 9.38 Å². The third-order valence-electron chi connectivity index (χ3n) is 4.79. The van der Waals surface area contributed by atoms with Crippen LogP contribution in [0.1, 0.15) is 40.0 Å². The second-order valence-corrected chi connectivity index (χ2v) is 6.83. The number of likely N-dealkylation sites (N-methyl/N-ethyl adjacent to an activating group) is 1. The van der Waals surface area contributed by atoms with Crippen molar-refractivity contribution < 1.29 is 9.28 Å². The van der Waals surface area contributed by atoms with Crippen LogP contribution in [0.15, 0.2) is 23.4 Å². The van der Waals surface area contributed by atoms with Crippen molar-refractivity contribution in [3.8, 4) is 0 Å². The van der Waals surface area contributed by atoms with Gasteiger partial charge in [0.05, 0.1) is 39.1 Å². The summed E-state index contributed by atoms with van der Waals surface area (Å²) in [5, 5.41) is 0. The third kappa shape index (κ3) is 3.51. The number of carbonyl (C=O) groups is 1. The summed E-state index contributed by atoms with van der Waals surface area (Å²) in [7, 11) is 2.34. The number of amides is 1. The average Bonchev–Trinajstić information content (AvgIpc) is 2.46. The van der Waals surface area contributed by atoms with Gasteiger partial charge in [0.2, 0.25) is 5.91 Å². The first kappa shape index (κ1) is 15.3. The first-order chi connectivity index (χ1) is 9.41. The number of quaternary nitrogens is 1. The zero-order valence-electron chi connectivity index (χ0n) is 13.5. The SMILES string of the molecule is CC1=CC(C)C(=O)N(CC[N+]2(C)CCCCC2)C(C)=C1. The molecular formula is C17H29N2O+. The van der Waals surface area contributed by atoms with E-state index in [0.717, 1.165) is 23.3 Å². The molecule has 2 aliphatic heterocycles. The van der Waals surface area contributed by atoms with Gasteiger partial charge in [-0.1, -0.05) is 18.6 Å². The first-order valence-corrected chi connectivity index (χ1v) is 7.93. The number of hydrogen-bond acceptors (Lipinski definition) is 1. The molecule has 0 spiro atoms. The van der Waals surface area contributed by atoms with Gasteiger partial charge in [-0.15, -0.1) is 0 Å². The zero-order chi connectivity index (χ0) is 14.8. The van der Waals surface area contributed by atoms with Crippen LogP contribution in [-0.4, -0.2) is 48.5 Å². The normalized spacial score (nSPS) is 26.9. The number of hydrogen-bond donors (Lipinski definition) is 0. The van der Waals surface area contributed by atoms with E-state index in [2.05, 4.69) is 33.0 Å². The molecule has 3 heteroatoms. The Balaban J connectivity index is 2.04. The van der Waals surface area contributed by atoms with Crippen molar-refractivity contribution in [2.45, 2.75) is 40.0 Å². The highest BCUT2D eigenvalue weighted by Gasteiger charge is 2.28. The lowest BCUT2D eigenvalue weighted by molar-refractivity contribution is -0.913. The topological polar surface area (TPSA) is 20.3 Å². The van der Waals surface area contributed by atoms with E-state index < -0.39 is 0 Å². The highest BCUT2D eigenvalue weighted by Crippen LogP contribution is 2.21. The van der Waals surface area contributed by atoms with Crippen molar-refractivity contribution >= 4 is 5.91 Å². The van der Waals surface area contributed by atoms with Gasteiger partial charge in [-0.05, 0) is 39.2 Å². The van der Waals surface area contributed by atoms with Crippen molar-refractivity contribution in [1.29, 1.82) is 0 Å². The van der Waals surface area contributed by atoms with Crippen LogP contribution in [0.3, 0.4) is 0 Å². The van der Waals surface area contributed by atoms with E-state index in [0.29, 0.717) is 0 Å². The van der Waals surface area contributed by atoms with E-state index in [1.807, 2.05) is 11.8 Å². The Hall–Kier alpha value is -1.09. The first-order valence-electron chi connectivity index (χ1n) is 7.93. The van der Waals surface area contributed by atoms with Gasteiger partial charge in [0.15, 0.2) is 0 Å². The maximum atomic E-state index is 12.5. The number of carbonyl (C=O) groups excluding carboxylic acids is 1. The molecule has 2 aliphatic rings. The smallest absolute Gasteiger partial charge is 0.233 e. The monoisotopic (exact) mass is 277 g/mol. The quantitative estimate of drug-likeness (QED) is 0.726. The summed E-state index contributed by atoms with van der Waals surface area (Å²) in [5.41, 5.74) is 2.29. The summed E-state index contributed by atoms with van der Waals surface area (Å²) in [6.45, 7) is 10.6. The Morgan fingerprint density at radius 3 is 2.55 bits per heavy atom. The molecule has 1 saturated heterocycles. The van der Waals surface area contributed by atoms with Crippen LogP contribution in [0.4, 0.5) is 0 Å². The van der Waals surface area contributed by atoms with E-state index in [1.54, 1.807) is 0 Å². The Morgan fingerprint density at radius 2 is 1.90 bits per heavy atom. The van der Waals surface area contributed by atoms with E-state index in [-0.39, 0.29) is 11.8 Å². The maximum Gasteiger partial charge on any atom is 0.233 e. The molecule has 0 bridgehead atoms. The lowest BCUT2D eigenvalue weighted by Gasteiger charge is -2.39. The van der Waals surface area contributed by atoms with E-state index in [1.165, 1.54) is 37.9 Å². The van der Waals surface area contributed by atoms with Gasteiger partial charge in [-0.25, -0.2) is 0 Å². The second kappa shape index (κ2) is 6.13. The lowest BCUT2D eigenvalue weighted by Crippen LogP contribution is -2.52. The maximum absolute atomic E-state index is 12.5. The largest absolute Gasteiger partial charge is 0.325 e. The minimum atomic E-state index is -0.00429. The van der Waals surface area contributed by atoms with Crippen LogP contribution in [0, 0.1) is 5.92 Å². The minimum absolute atomic E-state index is 0.00429. The van der Waals surface area contributed by atoms with Crippen LogP contribution < -0.4 is 0 Å². The van der Waals surface area contributed by atoms with Gasteiger partial charge in [0.1, 0.15) is 0 Å². The van der Waals surface area contributed by atoms with Crippen LogP contribution in [0.5, 0.6) is 0 Å². The molecule has 1 atom stereocenters. The Labute approximate surface area is 123 Å². The molecular weight excluding hydrogens is 248 g/mol. The van der Waals surface area contributed by atoms with Crippen LogP contribution in [0.25, 0.3) is 0 Å². The van der Waals surface area contributed by atoms with Gasteiger partial charge in [0.25, 0.3) is 0 Å². The predicted octanol–water partition coefficient (Wildman–Crippen LogP) is 2.95. The summed E-state index contributed by atoms with van der Waals surface area (Å²) in [6.07, 6.45) is 8.24. The molecule has 112 valence electrons. The highest BCUT2D eigenvalue weighted by molar-refractivity contribution is 5.82. The number of piperidine rings is 1. The van der Waals surface area contributed by atoms with E-state index in [4.69, 9.17) is 0 Å². The average molecular weight is 277 g/mol. The zero-order valence-corrected chi connectivity index (χ0v) is 13.5. The molecule has 1 fully saturated rings. The van der Waals surface area contributed by atoms with Gasteiger partial charge in [-0.3, -0.25) is 4.79 Å². The fourth-order valence-corrected chi connectivity index (χ4v) is 3.47. The molecule has 0 N–H and O–H groups in total. The fraction of sp³-hybridized carbons (Fsp3) is 0.706. The molecule has 0 aliphatic carbocycles. The number of nitrogens with zero attached hydrogens (tertiary/aromatic N) is 2. The summed E-state index contributed by atoms with van der Waals surface area (Å²) in [5.74, 6) is 0.245. The molecule has 3 nitrogen and oxygen atoms in total. The number of rotatable bonds is 3. The van der Waals surface area contributed by atoms with E-state index >= 15 is 0 Å². The van der Waals surface area contributed by atoms with Crippen molar-refractivity contribution in [2.24, 2.45) is 5.92 Å². The highest BCUT2D eigenvalue weighted by atomic mass is 16.2. The number of allylic oxidation sites excluding steroid dienone is 3. The third-order valence-corrected chi connectivity index (χ3v) is 4.79. The summed E-state index contributed by atoms with van der Waals surface area (Å²) in [6, 6.07) is 0. The molecule has 20 heavy (non-hydrogen) atoms. The van der Waals surface area contributed by atoms with Crippen molar-refractivity contribution in [2.75, 3.05) is 33.2 Å². The van der Waals surface area contributed by atoms with E-state index in [9.17, 15) is 4.79 Å². The predicted molar refractivity (Wildman–Crippen MR) is 83.0 cm³/mol. The Morgan fingerprint density at radius 1 is 1.25 bits per heavy atom. The molecule has 0 aromatic heterocycles. The van der Waals surface area contributed by atoms with Gasteiger partial charge in [0, 0.05) is 5.70 Å². The van der Waals surface area contributed by atoms with Gasteiger partial charge >= 0.3 is 0 Å². The standard InChI is InChI=1S/C17H29N2O/c1-14-12-15(2)17(20)18(16(3)13-14)8-11-19(4)9-6-5-7-10-19/h12-13,15H,5-11H2,1-4H3/q+1. The van der Waals surface area contributed by atoms with Crippen molar-refractivity contribution in [3.05, 3.63) is 23.4 Å². The van der Waals surface area contributed by atoms with Crippen molar-refractivity contribution in [3.63, 3.8) is 0 Å². The Kier molecular flexibility index (Phi) is 4.69. The van der Waals surface area contributed by atoms with Crippen molar-refractivity contribution in [1.82, 2.24) is 4.90 Å². The number of likely N-dealkylation sites (tertiary alicyclic amines) is 1. The summed E-state index contributed by atoms with van der Waals surface area (Å²) < 4.78 is 1.12. The molecule has 2 rings (SSSR count). The molecule has 0 radical (unpaired) electrons. The summed E-state index contributed by atoms with van der Waals surface area (Å²) in [4.78, 5) is 14.5. The molecule has 2 heterocycles. The molecule has 0 saturated carbocycles. The lowest BCUT2D eigenvalue weighted by atomic mass is 10.1. The Bertz CT molecular complexity index is 430. The molecule has 1 amide bonds. The minimum Gasteiger partial charge on any atom is -0.325 e. The molecule has 0 aromatic rings. The van der Waals surface area contributed by atoms with Crippen LogP contribution in [0.2, 0.25) is 0 Å². The summed E-state index contributed by atoms with van der Waals surface area (Å²) >= 11 is 0.